The topological polar surface area (TPSA) is 38.1 Å². The third-order valence-electron chi connectivity index (χ3n) is 2.15. The number of hydrogen-bond acceptors (Lipinski definition) is 4. The van der Waals surface area contributed by atoms with Crippen LogP contribution in [0.1, 0.15) is 5.69 Å². The third-order valence-corrected chi connectivity index (χ3v) is 3.44. The molecule has 92 valence electrons. The Kier molecular flexibility index (Phi) is 4.58. The van der Waals surface area contributed by atoms with Crippen molar-refractivity contribution in [3.05, 3.63) is 52.5 Å². The summed E-state index contributed by atoms with van der Waals surface area (Å²) in [6.45, 7) is 0. The summed E-state index contributed by atoms with van der Waals surface area (Å²) in [7, 11) is 0. The van der Waals surface area contributed by atoms with Crippen molar-refractivity contribution < 1.29 is 0 Å². The van der Waals surface area contributed by atoms with Crippen LogP contribution in [0.4, 0.5) is 5.69 Å². The first-order chi connectivity index (χ1) is 8.72. The van der Waals surface area contributed by atoms with E-state index in [0.717, 1.165) is 10.7 Å². The second-order valence-corrected chi connectivity index (χ2v) is 4.90. The molecule has 0 N–H and O–H groups in total. The van der Waals surface area contributed by atoms with E-state index in [4.69, 9.17) is 23.2 Å². The average Bonchev–Trinajstić information content (AvgIpc) is 2.40. The number of aromatic nitrogens is 2. The number of aliphatic imine (C=N–C) groups is 1. The lowest BCUT2D eigenvalue weighted by atomic mass is 10.3. The van der Waals surface area contributed by atoms with Gasteiger partial charge in [-0.2, -0.15) is 0 Å². The summed E-state index contributed by atoms with van der Waals surface area (Å²) in [6, 6.07) is 7.08. The lowest BCUT2D eigenvalue weighted by Gasteiger charge is -2.05. The summed E-state index contributed by atoms with van der Waals surface area (Å²) >= 11 is 13.6. The minimum absolute atomic E-state index is 0.517. The van der Waals surface area contributed by atoms with Gasteiger partial charge in [0.25, 0.3) is 0 Å². The van der Waals surface area contributed by atoms with E-state index in [2.05, 4.69) is 15.0 Å². The summed E-state index contributed by atoms with van der Waals surface area (Å²) in [5.41, 5.74) is 1.30. The van der Waals surface area contributed by atoms with Crippen LogP contribution in [0.25, 0.3) is 0 Å². The van der Waals surface area contributed by atoms with Gasteiger partial charge in [0, 0.05) is 6.20 Å². The highest BCUT2D eigenvalue weighted by atomic mass is 35.5. The SMILES string of the molecule is CS/C(=N\c1c(Cl)cccc1Cl)c1ccncn1. The fourth-order valence-electron chi connectivity index (χ4n) is 1.32. The van der Waals surface area contributed by atoms with Crippen LogP contribution in [0.15, 0.2) is 41.8 Å². The molecule has 0 aliphatic heterocycles. The van der Waals surface area contributed by atoms with Crippen LogP contribution in [0.2, 0.25) is 10.0 Å². The second kappa shape index (κ2) is 6.18. The van der Waals surface area contributed by atoms with E-state index in [1.165, 1.54) is 18.1 Å². The molecule has 0 saturated carbocycles. The maximum Gasteiger partial charge on any atom is 0.122 e. The molecule has 0 radical (unpaired) electrons. The van der Waals surface area contributed by atoms with Gasteiger partial charge in [0.1, 0.15) is 17.1 Å². The Labute approximate surface area is 119 Å². The number of hydrogen-bond donors (Lipinski definition) is 0. The molecule has 0 fully saturated rings. The van der Waals surface area contributed by atoms with Gasteiger partial charge in [0.05, 0.1) is 15.7 Å². The number of rotatable bonds is 2. The van der Waals surface area contributed by atoms with Crippen molar-refractivity contribution >= 4 is 45.7 Å². The van der Waals surface area contributed by atoms with Gasteiger partial charge >= 0.3 is 0 Å². The highest BCUT2D eigenvalue weighted by molar-refractivity contribution is 8.13. The lowest BCUT2D eigenvalue weighted by molar-refractivity contribution is 1.15. The predicted octanol–water partition coefficient (Wildman–Crippen LogP) is 4.22. The summed E-state index contributed by atoms with van der Waals surface area (Å²) in [6.07, 6.45) is 5.07. The van der Waals surface area contributed by atoms with E-state index >= 15 is 0 Å². The Hall–Kier alpha value is -1.10. The summed E-state index contributed by atoms with van der Waals surface area (Å²) in [5.74, 6) is 0. The summed E-state index contributed by atoms with van der Waals surface area (Å²) in [5, 5.41) is 1.78. The molecule has 1 heterocycles. The third kappa shape index (κ3) is 3.02. The van der Waals surface area contributed by atoms with E-state index in [9.17, 15) is 0 Å². The van der Waals surface area contributed by atoms with Crippen LogP contribution in [0, 0.1) is 0 Å². The molecular weight excluding hydrogens is 289 g/mol. The molecule has 3 nitrogen and oxygen atoms in total. The quantitative estimate of drug-likeness (QED) is 0.615. The van der Waals surface area contributed by atoms with Gasteiger partial charge in [-0.05, 0) is 24.5 Å². The first kappa shape index (κ1) is 13.3. The van der Waals surface area contributed by atoms with E-state index in [1.807, 2.05) is 6.26 Å². The maximum atomic E-state index is 6.08. The fraction of sp³-hybridized carbons (Fsp3) is 0.0833. The van der Waals surface area contributed by atoms with Gasteiger partial charge < -0.3 is 0 Å². The zero-order chi connectivity index (χ0) is 13.0. The zero-order valence-corrected chi connectivity index (χ0v) is 11.8. The summed E-state index contributed by atoms with van der Waals surface area (Å²) < 4.78 is 0. The van der Waals surface area contributed by atoms with Gasteiger partial charge in [0.2, 0.25) is 0 Å². The standard InChI is InChI=1S/C12H9Cl2N3S/c1-18-12(10-5-6-15-7-16-10)17-11-8(13)3-2-4-9(11)14/h2-7H,1H3/b17-12-. The number of halogens is 2. The molecule has 18 heavy (non-hydrogen) atoms. The second-order valence-electron chi connectivity index (χ2n) is 3.29. The molecule has 1 aromatic carbocycles. The van der Waals surface area contributed by atoms with E-state index in [1.54, 1.807) is 30.5 Å². The molecule has 0 unspecified atom stereocenters. The summed E-state index contributed by atoms with van der Waals surface area (Å²) in [4.78, 5) is 12.5. The van der Waals surface area contributed by atoms with Gasteiger partial charge in [-0.3, -0.25) is 0 Å². The molecule has 0 spiro atoms. The highest BCUT2D eigenvalue weighted by Crippen LogP contribution is 2.33. The van der Waals surface area contributed by atoms with Crippen LogP contribution in [0.5, 0.6) is 0 Å². The van der Waals surface area contributed by atoms with E-state index in [-0.39, 0.29) is 0 Å². The van der Waals surface area contributed by atoms with Crippen LogP contribution in [0.3, 0.4) is 0 Å². The smallest absolute Gasteiger partial charge is 0.122 e. The van der Waals surface area contributed by atoms with Crippen molar-refractivity contribution in [2.24, 2.45) is 4.99 Å². The largest absolute Gasteiger partial charge is 0.245 e. The maximum absolute atomic E-state index is 6.08. The molecule has 0 amide bonds. The van der Waals surface area contributed by atoms with Gasteiger partial charge in [-0.25, -0.2) is 15.0 Å². The first-order valence-electron chi connectivity index (χ1n) is 5.05. The molecule has 1 aromatic heterocycles. The van der Waals surface area contributed by atoms with E-state index in [0.29, 0.717) is 15.7 Å². The van der Waals surface area contributed by atoms with Crippen molar-refractivity contribution in [2.45, 2.75) is 0 Å². The van der Waals surface area contributed by atoms with Gasteiger partial charge in [-0.1, -0.05) is 29.3 Å². The Morgan fingerprint density at radius 1 is 1.22 bits per heavy atom. The average molecular weight is 298 g/mol. The Morgan fingerprint density at radius 2 is 1.94 bits per heavy atom. The molecule has 0 bridgehead atoms. The monoisotopic (exact) mass is 297 g/mol. The zero-order valence-electron chi connectivity index (χ0n) is 9.47. The Morgan fingerprint density at radius 3 is 2.50 bits per heavy atom. The number of para-hydroxylation sites is 1. The van der Waals surface area contributed by atoms with Crippen molar-refractivity contribution in [3.63, 3.8) is 0 Å². The Balaban J connectivity index is 2.48. The van der Waals surface area contributed by atoms with Crippen molar-refractivity contribution in [1.29, 1.82) is 0 Å². The van der Waals surface area contributed by atoms with Crippen molar-refractivity contribution in [2.75, 3.05) is 6.26 Å². The van der Waals surface area contributed by atoms with Gasteiger partial charge in [0.15, 0.2) is 0 Å². The van der Waals surface area contributed by atoms with E-state index < -0.39 is 0 Å². The molecule has 2 rings (SSSR count). The number of nitrogens with zero attached hydrogens (tertiary/aromatic N) is 3. The molecule has 2 aromatic rings. The Bertz CT molecular complexity index is 553. The molecule has 0 atom stereocenters. The van der Waals surface area contributed by atoms with Gasteiger partial charge in [-0.15, -0.1) is 11.8 Å². The lowest BCUT2D eigenvalue weighted by Crippen LogP contribution is -1.98. The van der Waals surface area contributed by atoms with Crippen LogP contribution in [-0.2, 0) is 0 Å². The van der Waals surface area contributed by atoms with Crippen LogP contribution < -0.4 is 0 Å². The molecule has 0 aliphatic carbocycles. The normalized spacial score (nSPS) is 11.6. The predicted molar refractivity (Wildman–Crippen MR) is 78.2 cm³/mol. The van der Waals surface area contributed by atoms with Crippen molar-refractivity contribution in [1.82, 2.24) is 9.97 Å². The minimum atomic E-state index is 0.517. The van der Waals surface area contributed by atoms with Crippen molar-refractivity contribution in [3.8, 4) is 0 Å². The highest BCUT2D eigenvalue weighted by Gasteiger charge is 2.08. The van der Waals surface area contributed by atoms with Crippen LogP contribution in [-0.4, -0.2) is 21.3 Å². The molecule has 0 aliphatic rings. The minimum Gasteiger partial charge on any atom is -0.245 e. The molecule has 0 saturated heterocycles. The first-order valence-corrected chi connectivity index (χ1v) is 7.03. The molecule has 6 heteroatoms. The molecular formula is C12H9Cl2N3S. The number of benzene rings is 1. The number of thioether (sulfide) groups is 1. The van der Waals surface area contributed by atoms with Crippen LogP contribution >= 0.6 is 35.0 Å². The fourth-order valence-corrected chi connectivity index (χ4v) is 2.32.